The predicted octanol–water partition coefficient (Wildman–Crippen LogP) is 2.36. The summed E-state index contributed by atoms with van der Waals surface area (Å²) in [6.07, 6.45) is 2.06. The summed E-state index contributed by atoms with van der Waals surface area (Å²) < 4.78 is 0. The molecule has 0 spiro atoms. The molecule has 4 nitrogen and oxygen atoms in total. The monoisotopic (exact) mass is 264 g/mol. The molecule has 1 unspecified atom stereocenters. The Hall–Kier alpha value is -1.55. The summed E-state index contributed by atoms with van der Waals surface area (Å²) in [5.74, 6) is -0.764. The third-order valence-corrected chi connectivity index (χ3v) is 3.79. The molecule has 0 radical (unpaired) electrons. The molecule has 1 atom stereocenters. The van der Waals surface area contributed by atoms with Gasteiger partial charge in [0.25, 0.3) is 0 Å². The summed E-state index contributed by atoms with van der Waals surface area (Å²) in [5.41, 5.74) is 0.363. The Morgan fingerprint density at radius 3 is 2.47 bits per heavy atom. The lowest BCUT2D eigenvalue weighted by Gasteiger charge is -2.29. The third-order valence-electron chi connectivity index (χ3n) is 3.79. The molecule has 1 rings (SSSR count). The maximum Gasteiger partial charge on any atom is 0.323 e. The summed E-state index contributed by atoms with van der Waals surface area (Å²) in [5, 5.41) is 12.3. The molecule has 0 aliphatic carbocycles. The molecule has 0 aliphatic rings. The van der Waals surface area contributed by atoms with Crippen LogP contribution >= 0.6 is 0 Å². The molecule has 0 heterocycles. The van der Waals surface area contributed by atoms with Gasteiger partial charge in [0, 0.05) is 19.3 Å². The van der Waals surface area contributed by atoms with Crippen LogP contribution in [0.5, 0.6) is 0 Å². The van der Waals surface area contributed by atoms with Crippen molar-refractivity contribution in [3.05, 3.63) is 30.3 Å². The Bertz CT molecular complexity index is 388. The van der Waals surface area contributed by atoms with E-state index in [1.165, 1.54) is 0 Å². The van der Waals surface area contributed by atoms with Crippen molar-refractivity contribution in [1.29, 1.82) is 0 Å². The van der Waals surface area contributed by atoms with Crippen molar-refractivity contribution in [2.75, 3.05) is 25.5 Å². The summed E-state index contributed by atoms with van der Waals surface area (Å²) in [4.78, 5) is 13.5. The van der Waals surface area contributed by atoms with Crippen LogP contribution in [0.25, 0.3) is 0 Å². The number of para-hydroxylation sites is 1. The van der Waals surface area contributed by atoms with Crippen molar-refractivity contribution in [1.82, 2.24) is 5.32 Å². The SMILES string of the molecule is CCC(CCCN(C)c1ccccc1)(NC)C(=O)O. The fourth-order valence-corrected chi connectivity index (χ4v) is 2.27. The Morgan fingerprint density at radius 1 is 1.37 bits per heavy atom. The molecular formula is C15H24N2O2. The number of benzene rings is 1. The lowest BCUT2D eigenvalue weighted by molar-refractivity contribution is -0.145. The van der Waals surface area contributed by atoms with Gasteiger partial charge in [-0.3, -0.25) is 4.79 Å². The maximum atomic E-state index is 11.4. The summed E-state index contributed by atoms with van der Waals surface area (Å²) >= 11 is 0. The zero-order valence-corrected chi connectivity index (χ0v) is 12.0. The number of carboxylic acid groups (broad SMARTS) is 1. The van der Waals surface area contributed by atoms with Crippen LogP contribution in [0.3, 0.4) is 0 Å². The van der Waals surface area contributed by atoms with Gasteiger partial charge < -0.3 is 15.3 Å². The van der Waals surface area contributed by atoms with Gasteiger partial charge in [-0.25, -0.2) is 0 Å². The van der Waals surface area contributed by atoms with Gasteiger partial charge in [-0.1, -0.05) is 25.1 Å². The Morgan fingerprint density at radius 2 is 2.00 bits per heavy atom. The van der Waals surface area contributed by atoms with Crippen LogP contribution in [0.4, 0.5) is 5.69 Å². The summed E-state index contributed by atoms with van der Waals surface area (Å²) in [6.45, 7) is 2.76. The van der Waals surface area contributed by atoms with E-state index in [9.17, 15) is 9.90 Å². The number of hydrogen-bond acceptors (Lipinski definition) is 3. The van der Waals surface area contributed by atoms with Gasteiger partial charge >= 0.3 is 5.97 Å². The molecule has 106 valence electrons. The first kappa shape index (κ1) is 15.5. The van der Waals surface area contributed by atoms with Crippen LogP contribution in [-0.2, 0) is 4.79 Å². The molecular weight excluding hydrogens is 240 g/mol. The van der Waals surface area contributed by atoms with Crippen molar-refractivity contribution in [2.24, 2.45) is 0 Å². The number of carboxylic acids is 1. The standard InChI is InChI=1S/C15H24N2O2/c1-4-15(16-2,14(18)19)11-8-12-17(3)13-9-6-5-7-10-13/h5-7,9-10,16H,4,8,11-12H2,1-3H3,(H,18,19). The van der Waals surface area contributed by atoms with E-state index in [-0.39, 0.29) is 0 Å². The number of carbonyl (C=O) groups is 1. The molecule has 1 aromatic carbocycles. The molecule has 2 N–H and O–H groups in total. The first-order chi connectivity index (χ1) is 9.05. The minimum absolute atomic E-state index is 0.591. The van der Waals surface area contributed by atoms with E-state index in [1.807, 2.05) is 32.2 Å². The smallest absolute Gasteiger partial charge is 0.323 e. The fraction of sp³-hybridized carbons (Fsp3) is 0.533. The number of anilines is 1. The second-order valence-corrected chi connectivity index (χ2v) is 4.85. The Balaban J connectivity index is 2.51. The molecule has 0 aromatic heterocycles. The number of likely N-dealkylation sites (N-methyl/N-ethyl adjacent to an activating group) is 1. The zero-order chi connectivity index (χ0) is 14.3. The van der Waals surface area contributed by atoms with Crippen molar-refractivity contribution in [2.45, 2.75) is 31.7 Å². The van der Waals surface area contributed by atoms with Crippen molar-refractivity contribution in [3.63, 3.8) is 0 Å². The van der Waals surface area contributed by atoms with Gasteiger partial charge in [0.05, 0.1) is 0 Å². The van der Waals surface area contributed by atoms with E-state index < -0.39 is 11.5 Å². The van der Waals surface area contributed by atoms with E-state index in [4.69, 9.17) is 0 Å². The highest BCUT2D eigenvalue weighted by atomic mass is 16.4. The van der Waals surface area contributed by atoms with Gasteiger partial charge in [0.1, 0.15) is 5.54 Å². The molecule has 19 heavy (non-hydrogen) atoms. The Labute approximate surface area is 115 Å². The predicted molar refractivity (Wildman–Crippen MR) is 78.7 cm³/mol. The molecule has 0 aliphatic heterocycles. The van der Waals surface area contributed by atoms with Crippen LogP contribution < -0.4 is 10.2 Å². The minimum Gasteiger partial charge on any atom is -0.480 e. The summed E-state index contributed by atoms with van der Waals surface area (Å²) in [6, 6.07) is 10.1. The van der Waals surface area contributed by atoms with Gasteiger partial charge in [0.2, 0.25) is 0 Å². The molecule has 4 heteroatoms. The second kappa shape index (κ2) is 7.14. The van der Waals surface area contributed by atoms with E-state index in [2.05, 4.69) is 22.3 Å². The molecule has 0 saturated carbocycles. The number of aliphatic carboxylic acids is 1. The van der Waals surface area contributed by atoms with Gasteiger partial charge in [-0.15, -0.1) is 0 Å². The van der Waals surface area contributed by atoms with E-state index >= 15 is 0 Å². The lowest BCUT2D eigenvalue weighted by Crippen LogP contribution is -2.50. The highest BCUT2D eigenvalue weighted by Crippen LogP contribution is 2.19. The average Bonchev–Trinajstić information content (AvgIpc) is 2.44. The van der Waals surface area contributed by atoms with E-state index in [0.29, 0.717) is 12.8 Å². The molecule has 0 fully saturated rings. The highest BCUT2D eigenvalue weighted by molar-refractivity contribution is 5.78. The van der Waals surface area contributed by atoms with Crippen LogP contribution in [0.15, 0.2) is 30.3 Å². The molecule has 1 aromatic rings. The number of rotatable bonds is 8. The van der Waals surface area contributed by atoms with E-state index in [0.717, 1.165) is 18.7 Å². The fourth-order valence-electron chi connectivity index (χ4n) is 2.27. The minimum atomic E-state index is -0.794. The third kappa shape index (κ3) is 3.96. The van der Waals surface area contributed by atoms with Gasteiger partial charge in [-0.05, 0) is 38.4 Å². The molecule has 0 amide bonds. The van der Waals surface area contributed by atoms with Gasteiger partial charge in [-0.2, -0.15) is 0 Å². The van der Waals surface area contributed by atoms with Crippen LogP contribution in [0, 0.1) is 0 Å². The van der Waals surface area contributed by atoms with Crippen LogP contribution in [0.1, 0.15) is 26.2 Å². The first-order valence-corrected chi connectivity index (χ1v) is 6.74. The maximum absolute atomic E-state index is 11.4. The average molecular weight is 264 g/mol. The quantitative estimate of drug-likeness (QED) is 0.757. The normalized spacial score (nSPS) is 13.8. The number of nitrogens with zero attached hydrogens (tertiary/aromatic N) is 1. The molecule has 0 saturated heterocycles. The first-order valence-electron chi connectivity index (χ1n) is 6.74. The van der Waals surface area contributed by atoms with E-state index in [1.54, 1.807) is 7.05 Å². The largest absolute Gasteiger partial charge is 0.480 e. The van der Waals surface area contributed by atoms with Crippen LogP contribution in [-0.4, -0.2) is 37.3 Å². The zero-order valence-electron chi connectivity index (χ0n) is 12.0. The van der Waals surface area contributed by atoms with Crippen molar-refractivity contribution < 1.29 is 9.90 Å². The van der Waals surface area contributed by atoms with Gasteiger partial charge in [0.15, 0.2) is 0 Å². The highest BCUT2D eigenvalue weighted by Gasteiger charge is 2.34. The van der Waals surface area contributed by atoms with Crippen molar-refractivity contribution >= 4 is 11.7 Å². The molecule has 0 bridgehead atoms. The Kier molecular flexibility index (Phi) is 5.83. The number of nitrogens with one attached hydrogen (secondary N) is 1. The lowest BCUT2D eigenvalue weighted by atomic mass is 9.90. The van der Waals surface area contributed by atoms with Crippen molar-refractivity contribution in [3.8, 4) is 0 Å². The second-order valence-electron chi connectivity index (χ2n) is 4.85. The van der Waals surface area contributed by atoms with Crippen LogP contribution in [0.2, 0.25) is 0 Å². The topological polar surface area (TPSA) is 52.6 Å². The number of hydrogen-bond donors (Lipinski definition) is 2. The summed E-state index contributed by atoms with van der Waals surface area (Å²) in [7, 11) is 3.75.